The van der Waals surface area contributed by atoms with E-state index >= 15 is 0 Å². The van der Waals surface area contributed by atoms with Gasteiger partial charge in [-0.1, -0.05) is 0 Å². The number of thioether (sulfide) groups is 1. The quantitative estimate of drug-likeness (QED) is 0.649. The van der Waals surface area contributed by atoms with Crippen LogP contribution in [0.15, 0.2) is 34.7 Å². The number of piperidine rings is 1. The van der Waals surface area contributed by atoms with E-state index in [-0.39, 0.29) is 22.6 Å². The average molecular weight is 463 g/mol. The molecule has 0 saturated carbocycles. The first-order valence-electron chi connectivity index (χ1n) is 10.3. The van der Waals surface area contributed by atoms with Crippen molar-refractivity contribution in [3.63, 3.8) is 0 Å². The van der Waals surface area contributed by atoms with Gasteiger partial charge in [0.05, 0.1) is 17.2 Å². The summed E-state index contributed by atoms with van der Waals surface area (Å²) in [5, 5.41) is 0. The topological polar surface area (TPSA) is 72.2 Å². The Balaban J connectivity index is 1.31. The second-order valence-electron chi connectivity index (χ2n) is 7.85. The number of amides is 2. The van der Waals surface area contributed by atoms with Gasteiger partial charge in [0.25, 0.3) is 0 Å². The van der Waals surface area contributed by atoms with Crippen molar-refractivity contribution < 1.29 is 23.5 Å². The first-order valence-corrected chi connectivity index (χ1v) is 11.9. The smallest absolute Gasteiger partial charge is 0.237 e. The lowest BCUT2D eigenvalue weighted by Crippen LogP contribution is -2.52. The van der Waals surface area contributed by atoms with Crippen molar-refractivity contribution in [1.29, 1.82) is 0 Å². The predicted octanol–water partition coefficient (Wildman–Crippen LogP) is 3.35. The van der Waals surface area contributed by atoms with Gasteiger partial charge >= 0.3 is 0 Å². The summed E-state index contributed by atoms with van der Waals surface area (Å²) in [6.07, 6.45) is 1.48. The minimum Gasteiger partial charge on any atom is -0.486 e. The zero-order chi connectivity index (χ0) is 21.4. The molecule has 4 heterocycles. The van der Waals surface area contributed by atoms with Crippen LogP contribution in [0.4, 0.5) is 0 Å². The van der Waals surface area contributed by atoms with Gasteiger partial charge in [-0.3, -0.25) is 9.59 Å². The maximum absolute atomic E-state index is 12.7. The minimum atomic E-state index is -0.288. The number of fused-ring (bicyclic) bond motifs is 1. The van der Waals surface area contributed by atoms with Crippen LogP contribution in [0.25, 0.3) is 11.3 Å². The Hall–Kier alpha value is -2.32. The number of nitrogens with zero attached hydrogens (tertiary/aromatic N) is 2. The van der Waals surface area contributed by atoms with Crippen LogP contribution in [0.3, 0.4) is 0 Å². The number of halogens is 1. The van der Waals surface area contributed by atoms with Crippen molar-refractivity contribution in [2.45, 2.75) is 24.3 Å². The highest BCUT2D eigenvalue weighted by atomic mass is 35.5. The molecule has 7 nitrogen and oxygen atoms in total. The molecule has 1 spiro atoms. The third-order valence-corrected chi connectivity index (χ3v) is 7.86. The third kappa shape index (κ3) is 3.87. The summed E-state index contributed by atoms with van der Waals surface area (Å²) in [7, 11) is 0. The zero-order valence-corrected chi connectivity index (χ0v) is 18.5. The van der Waals surface area contributed by atoms with E-state index < -0.39 is 0 Å². The summed E-state index contributed by atoms with van der Waals surface area (Å²) in [6.45, 7) is 2.73. The van der Waals surface area contributed by atoms with E-state index in [2.05, 4.69) is 0 Å². The van der Waals surface area contributed by atoms with Crippen LogP contribution >= 0.6 is 23.4 Å². The van der Waals surface area contributed by atoms with Crippen molar-refractivity contribution in [2.75, 3.05) is 37.9 Å². The molecule has 0 atom stereocenters. The van der Waals surface area contributed by atoms with Gasteiger partial charge in [0.1, 0.15) is 30.6 Å². The summed E-state index contributed by atoms with van der Waals surface area (Å²) in [6, 6.07) is 9.58. The van der Waals surface area contributed by atoms with E-state index in [0.717, 1.165) is 35.7 Å². The number of hydrogen-bond donors (Lipinski definition) is 0. The summed E-state index contributed by atoms with van der Waals surface area (Å²) in [5.74, 6) is 3.43. The zero-order valence-electron chi connectivity index (χ0n) is 17.0. The summed E-state index contributed by atoms with van der Waals surface area (Å²) < 4.78 is 17.3. The molecule has 0 N–H and O–H groups in total. The fourth-order valence-electron chi connectivity index (χ4n) is 4.39. The molecule has 9 heteroatoms. The monoisotopic (exact) mass is 462 g/mol. The molecule has 1 aromatic carbocycles. The SMILES string of the molecule is O=C(CCl)N1CCC2(CC1)SCC(=O)N2Cc1ccc(-c2ccc3c(c2)OCCO3)o1. The van der Waals surface area contributed by atoms with Crippen molar-refractivity contribution in [1.82, 2.24) is 9.80 Å². The van der Waals surface area contributed by atoms with Crippen molar-refractivity contribution in [3.05, 3.63) is 36.1 Å². The standard InChI is InChI=1S/C22H23ClN2O5S/c23-12-20(26)24-7-5-22(6-8-24)25(21(27)14-31-22)13-16-2-4-17(30-16)15-1-3-18-19(11-15)29-10-9-28-18/h1-4,11H,5-10,12-14H2. The molecule has 0 unspecified atom stereocenters. The molecule has 5 rings (SSSR count). The van der Waals surface area contributed by atoms with Gasteiger partial charge in [-0.25, -0.2) is 0 Å². The van der Waals surface area contributed by atoms with Crippen LogP contribution in [0.5, 0.6) is 11.5 Å². The summed E-state index contributed by atoms with van der Waals surface area (Å²) in [4.78, 5) is 28.0. The number of benzene rings is 1. The molecule has 0 bridgehead atoms. The van der Waals surface area contributed by atoms with Gasteiger partial charge in [0.2, 0.25) is 11.8 Å². The minimum absolute atomic E-state index is 0.00216. The number of carbonyl (C=O) groups excluding carboxylic acids is 2. The fraction of sp³-hybridized carbons (Fsp3) is 0.455. The largest absolute Gasteiger partial charge is 0.486 e. The Morgan fingerprint density at radius 3 is 2.65 bits per heavy atom. The van der Waals surface area contributed by atoms with Crippen LogP contribution in [-0.4, -0.2) is 64.4 Å². The lowest BCUT2D eigenvalue weighted by atomic mass is 10.0. The molecule has 2 saturated heterocycles. The highest BCUT2D eigenvalue weighted by molar-refractivity contribution is 8.01. The Bertz CT molecular complexity index is 1000. The normalized spacial score (nSPS) is 19.8. The molecule has 31 heavy (non-hydrogen) atoms. The van der Waals surface area contributed by atoms with Crippen molar-refractivity contribution in [2.24, 2.45) is 0 Å². The van der Waals surface area contributed by atoms with E-state index in [1.54, 1.807) is 16.7 Å². The Morgan fingerprint density at radius 1 is 1.10 bits per heavy atom. The fourth-order valence-corrected chi connectivity index (χ4v) is 5.90. The molecular formula is C22H23ClN2O5S. The van der Waals surface area contributed by atoms with Gasteiger partial charge in [-0.2, -0.15) is 0 Å². The molecule has 2 aromatic rings. The lowest BCUT2D eigenvalue weighted by molar-refractivity contribution is -0.134. The second kappa shape index (κ2) is 8.31. The van der Waals surface area contributed by atoms with Gasteiger partial charge in [0, 0.05) is 18.7 Å². The molecule has 3 aliphatic heterocycles. The van der Waals surface area contributed by atoms with Crippen LogP contribution in [0.2, 0.25) is 0 Å². The predicted molar refractivity (Wildman–Crippen MR) is 117 cm³/mol. The van der Waals surface area contributed by atoms with Crippen LogP contribution in [0, 0.1) is 0 Å². The number of rotatable bonds is 4. The lowest BCUT2D eigenvalue weighted by Gasteiger charge is -2.43. The molecule has 2 amide bonds. The molecule has 2 fully saturated rings. The number of hydrogen-bond acceptors (Lipinski definition) is 6. The van der Waals surface area contributed by atoms with Gasteiger partial charge in [0.15, 0.2) is 11.5 Å². The second-order valence-corrected chi connectivity index (χ2v) is 9.46. The van der Waals surface area contributed by atoms with Gasteiger partial charge in [-0.05, 0) is 43.2 Å². The average Bonchev–Trinajstić information content (AvgIpc) is 3.40. The molecular weight excluding hydrogens is 440 g/mol. The molecule has 0 aliphatic carbocycles. The van der Waals surface area contributed by atoms with Crippen LogP contribution < -0.4 is 9.47 Å². The van der Waals surface area contributed by atoms with Crippen molar-refractivity contribution in [3.8, 4) is 22.8 Å². The molecule has 0 radical (unpaired) electrons. The number of carbonyl (C=O) groups is 2. The van der Waals surface area contributed by atoms with E-state index in [1.165, 1.54) is 0 Å². The third-order valence-electron chi connectivity index (χ3n) is 6.07. The molecule has 164 valence electrons. The van der Waals surface area contributed by atoms with Crippen molar-refractivity contribution >= 4 is 35.2 Å². The van der Waals surface area contributed by atoms with E-state index in [9.17, 15) is 9.59 Å². The van der Waals surface area contributed by atoms with E-state index in [4.69, 9.17) is 25.5 Å². The number of likely N-dealkylation sites (tertiary alicyclic amines) is 1. The van der Waals surface area contributed by atoms with Gasteiger partial charge < -0.3 is 23.7 Å². The first-order chi connectivity index (χ1) is 15.1. The highest BCUT2D eigenvalue weighted by Crippen LogP contribution is 2.45. The maximum Gasteiger partial charge on any atom is 0.237 e. The van der Waals surface area contributed by atoms with Crippen LogP contribution in [0.1, 0.15) is 18.6 Å². The first kappa shape index (κ1) is 20.6. The van der Waals surface area contributed by atoms with Gasteiger partial charge in [-0.15, -0.1) is 23.4 Å². The number of ether oxygens (including phenoxy) is 2. The Labute approximate surface area is 189 Å². The van der Waals surface area contributed by atoms with E-state index in [0.29, 0.717) is 44.4 Å². The molecule has 1 aromatic heterocycles. The Kier molecular flexibility index (Phi) is 5.52. The Morgan fingerprint density at radius 2 is 1.87 bits per heavy atom. The number of alkyl halides is 1. The maximum atomic E-state index is 12.7. The van der Waals surface area contributed by atoms with Crippen LogP contribution in [-0.2, 0) is 16.1 Å². The molecule has 3 aliphatic rings. The number of furan rings is 1. The highest BCUT2D eigenvalue weighted by Gasteiger charge is 2.48. The summed E-state index contributed by atoms with van der Waals surface area (Å²) >= 11 is 7.37. The van der Waals surface area contributed by atoms with E-state index in [1.807, 2.05) is 35.2 Å². The summed E-state index contributed by atoms with van der Waals surface area (Å²) in [5.41, 5.74) is 0.903.